The highest BCUT2D eigenvalue weighted by molar-refractivity contribution is 6.82. The maximum absolute atomic E-state index is 6.16. The van der Waals surface area contributed by atoms with Crippen molar-refractivity contribution >= 4 is 18.0 Å². The average Bonchev–Trinajstić information content (AvgIpc) is 3.06. The molecule has 0 N–H and O–H groups in total. The van der Waals surface area contributed by atoms with Crippen LogP contribution in [0.1, 0.15) is 0 Å². The number of quaternary nitrogens is 1. The molecule has 1 aromatic carbocycles. The summed E-state index contributed by atoms with van der Waals surface area (Å²) < 4.78 is 13.1. The van der Waals surface area contributed by atoms with Crippen LogP contribution in [0.25, 0.3) is 0 Å². The smallest absolute Gasteiger partial charge is 0.504 e. The molecule has 2 aliphatic rings. The van der Waals surface area contributed by atoms with Crippen molar-refractivity contribution in [1.82, 2.24) is 9.38 Å². The van der Waals surface area contributed by atoms with Gasteiger partial charge in [0.25, 0.3) is 0 Å². The molecule has 4 rings (SSSR count). The van der Waals surface area contributed by atoms with Crippen molar-refractivity contribution in [1.29, 1.82) is 0 Å². The fourth-order valence-corrected chi connectivity index (χ4v) is 3.73. The first-order chi connectivity index (χ1) is 9.87. The number of pyridine rings is 1. The third kappa shape index (κ3) is 1.45. The highest BCUT2D eigenvalue weighted by Gasteiger charge is 2.61. The molecule has 3 heterocycles. The molecule has 102 valence electrons. The molecule has 2 fully saturated rings. The van der Waals surface area contributed by atoms with E-state index in [1.807, 2.05) is 30.5 Å². The van der Waals surface area contributed by atoms with Crippen molar-refractivity contribution in [3.63, 3.8) is 0 Å². The van der Waals surface area contributed by atoms with Crippen LogP contribution in [0, 0.1) is 0 Å². The highest BCUT2D eigenvalue weighted by atomic mass is 16.6. The Labute approximate surface area is 118 Å². The fraction of sp³-hybridized carbons (Fsp3) is 0.267. The number of hydrogen-bond donors (Lipinski definition) is 0. The molecule has 0 spiro atoms. The molecule has 4 nitrogen and oxygen atoms in total. The van der Waals surface area contributed by atoms with E-state index in [-0.39, 0.29) is 0 Å². The SMILES string of the molecule is c1ccc([N+]23CCO[B-]2(c2ccccn2)OCC3)cc1. The Bertz CT molecular complexity index is 542. The van der Waals surface area contributed by atoms with Gasteiger partial charge in [-0.3, -0.25) is 4.98 Å². The number of hydrogen-bond acceptors (Lipinski definition) is 3. The molecule has 20 heavy (non-hydrogen) atoms. The van der Waals surface area contributed by atoms with E-state index < -0.39 is 6.69 Å². The lowest BCUT2D eigenvalue weighted by molar-refractivity contribution is 0.232. The predicted octanol–water partition coefficient (Wildman–Crippen LogP) is 1.30. The van der Waals surface area contributed by atoms with Crippen molar-refractivity contribution in [2.45, 2.75) is 0 Å². The van der Waals surface area contributed by atoms with E-state index in [0.717, 1.165) is 23.1 Å². The maximum Gasteiger partial charge on any atom is 0.525 e. The molecule has 0 amide bonds. The Morgan fingerprint density at radius 3 is 2.25 bits per heavy atom. The molecule has 2 aromatic rings. The summed E-state index contributed by atoms with van der Waals surface area (Å²) in [7, 11) is 0. The Morgan fingerprint density at radius 1 is 0.900 bits per heavy atom. The summed E-state index contributed by atoms with van der Waals surface area (Å²) in [5, 5.41) is 0. The van der Waals surface area contributed by atoms with Crippen molar-refractivity contribution in [3.05, 3.63) is 54.7 Å². The minimum absolute atomic E-state index is 0.714. The van der Waals surface area contributed by atoms with Gasteiger partial charge < -0.3 is 13.7 Å². The molecular weight excluding hydrogens is 251 g/mol. The van der Waals surface area contributed by atoms with Gasteiger partial charge in [0, 0.05) is 11.8 Å². The Morgan fingerprint density at radius 2 is 1.60 bits per heavy atom. The number of fused-ring (bicyclic) bond motifs is 1. The van der Waals surface area contributed by atoms with E-state index in [2.05, 4.69) is 29.2 Å². The number of nitrogens with zero attached hydrogens (tertiary/aromatic N) is 2. The van der Waals surface area contributed by atoms with Crippen molar-refractivity contribution in [3.8, 4) is 0 Å². The van der Waals surface area contributed by atoms with E-state index in [9.17, 15) is 0 Å². The fourth-order valence-electron chi connectivity index (χ4n) is 3.73. The second-order valence-corrected chi connectivity index (χ2v) is 5.48. The van der Waals surface area contributed by atoms with Gasteiger partial charge in [0.05, 0.1) is 32.0 Å². The second-order valence-electron chi connectivity index (χ2n) is 5.48. The van der Waals surface area contributed by atoms with Gasteiger partial charge in [-0.05, 0) is 18.2 Å². The number of aromatic nitrogens is 1. The van der Waals surface area contributed by atoms with E-state index in [0.29, 0.717) is 13.2 Å². The van der Waals surface area contributed by atoms with Gasteiger partial charge in [0.2, 0.25) is 0 Å². The first-order valence-corrected chi connectivity index (χ1v) is 7.13. The monoisotopic (exact) mass is 268 g/mol. The zero-order chi connectivity index (χ0) is 13.5. The van der Waals surface area contributed by atoms with Gasteiger partial charge >= 0.3 is 6.69 Å². The van der Waals surface area contributed by atoms with Gasteiger partial charge in [-0.1, -0.05) is 30.3 Å². The maximum atomic E-state index is 6.16. The van der Waals surface area contributed by atoms with Crippen LogP contribution in [0.15, 0.2) is 54.7 Å². The average molecular weight is 268 g/mol. The van der Waals surface area contributed by atoms with Gasteiger partial charge in [-0.25, -0.2) is 0 Å². The summed E-state index contributed by atoms with van der Waals surface area (Å²) in [5.74, 6) is 0. The lowest BCUT2D eigenvalue weighted by Gasteiger charge is -2.46. The molecule has 2 aliphatic heterocycles. The molecule has 0 saturated carbocycles. The highest BCUT2D eigenvalue weighted by Crippen LogP contribution is 2.39. The first-order valence-electron chi connectivity index (χ1n) is 7.13. The zero-order valence-electron chi connectivity index (χ0n) is 11.3. The van der Waals surface area contributed by atoms with Crippen molar-refractivity contribution in [2.75, 3.05) is 26.3 Å². The summed E-state index contributed by atoms with van der Waals surface area (Å²) in [4.78, 5) is 4.53. The Balaban J connectivity index is 1.90. The van der Waals surface area contributed by atoms with Crippen LogP contribution in [-0.4, -0.2) is 38.0 Å². The molecule has 0 radical (unpaired) electrons. The summed E-state index contributed by atoms with van der Waals surface area (Å²) >= 11 is 0. The third-order valence-corrected chi connectivity index (χ3v) is 4.65. The van der Waals surface area contributed by atoms with Gasteiger partial charge in [0.15, 0.2) is 0 Å². The molecule has 0 aliphatic carbocycles. The van der Waals surface area contributed by atoms with E-state index in [4.69, 9.17) is 9.31 Å². The quantitative estimate of drug-likeness (QED) is 0.769. The van der Waals surface area contributed by atoms with E-state index in [1.54, 1.807) is 0 Å². The van der Waals surface area contributed by atoms with Gasteiger partial charge in [0.1, 0.15) is 0 Å². The normalized spacial score (nSPS) is 32.2. The van der Waals surface area contributed by atoms with Crippen LogP contribution in [0.2, 0.25) is 0 Å². The molecule has 1 aromatic heterocycles. The Kier molecular flexibility index (Phi) is 2.67. The lowest BCUT2D eigenvalue weighted by atomic mass is 9.63. The minimum atomic E-state index is -1.57. The van der Waals surface area contributed by atoms with Crippen LogP contribution >= 0.6 is 0 Å². The van der Waals surface area contributed by atoms with Crippen LogP contribution in [0.3, 0.4) is 0 Å². The molecule has 2 saturated heterocycles. The summed E-state index contributed by atoms with van der Waals surface area (Å²) in [6.45, 7) is 1.75. The van der Waals surface area contributed by atoms with Crippen LogP contribution in [0.4, 0.5) is 5.69 Å². The molecule has 5 heteroatoms. The standard InChI is InChI=1S/C15H17BN2O2/c1-2-6-14(7-3-1)18-10-12-19-16(18,20-13-11-18)15-8-4-5-9-17-15/h1-9H,10-13H2. The third-order valence-electron chi connectivity index (χ3n) is 4.65. The van der Waals surface area contributed by atoms with Crippen LogP contribution < -0.4 is 9.99 Å². The topological polar surface area (TPSA) is 31.4 Å². The molecule has 0 bridgehead atoms. The zero-order valence-corrected chi connectivity index (χ0v) is 11.3. The lowest BCUT2D eigenvalue weighted by Crippen LogP contribution is -2.71. The summed E-state index contributed by atoms with van der Waals surface area (Å²) in [6.07, 6.45) is 1.81. The molecule has 0 atom stereocenters. The van der Waals surface area contributed by atoms with Gasteiger partial charge in [-0.2, -0.15) is 0 Å². The summed E-state index contributed by atoms with van der Waals surface area (Å²) in [5.41, 5.74) is 2.18. The predicted molar refractivity (Wildman–Crippen MR) is 79.5 cm³/mol. The Hall–Kier alpha value is -1.69. The van der Waals surface area contributed by atoms with E-state index >= 15 is 0 Å². The van der Waals surface area contributed by atoms with Gasteiger partial charge in [-0.15, -0.1) is 0 Å². The second kappa shape index (κ2) is 4.41. The van der Waals surface area contributed by atoms with Crippen LogP contribution in [-0.2, 0) is 9.31 Å². The largest absolute Gasteiger partial charge is 0.525 e. The van der Waals surface area contributed by atoms with Crippen molar-refractivity contribution < 1.29 is 9.31 Å². The summed E-state index contributed by atoms with van der Waals surface area (Å²) in [6, 6.07) is 16.5. The minimum Gasteiger partial charge on any atom is -0.504 e. The molecule has 0 unspecified atom stereocenters. The van der Waals surface area contributed by atoms with Crippen molar-refractivity contribution in [2.24, 2.45) is 0 Å². The van der Waals surface area contributed by atoms with E-state index in [1.165, 1.54) is 5.69 Å². The number of benzene rings is 1. The first kappa shape index (κ1) is 12.1. The molecular formula is C15H17BN2O2. The number of rotatable bonds is 2. The van der Waals surface area contributed by atoms with Crippen LogP contribution in [0.5, 0.6) is 0 Å². The number of para-hydroxylation sites is 1.